The molecule has 1 aliphatic rings. The van der Waals surface area contributed by atoms with Gasteiger partial charge in [0.1, 0.15) is 23.0 Å². The van der Waals surface area contributed by atoms with E-state index in [-0.39, 0.29) is 0 Å². The molecule has 0 aromatic heterocycles. The molecule has 7 heteroatoms. The average Bonchev–Trinajstić information content (AvgIpc) is 2.82. The predicted molar refractivity (Wildman–Crippen MR) is 140 cm³/mol. The van der Waals surface area contributed by atoms with E-state index in [4.69, 9.17) is 18.9 Å². The summed E-state index contributed by atoms with van der Waals surface area (Å²) in [5.74, 6) is 3.30. The minimum absolute atomic E-state index is 0.610. The second-order valence-electron chi connectivity index (χ2n) is 8.34. The predicted octanol–water partition coefficient (Wildman–Crippen LogP) is 6.86. The van der Waals surface area contributed by atoms with Crippen LogP contribution in [0.3, 0.4) is 0 Å². The Hall–Kier alpha value is -1.57. The van der Waals surface area contributed by atoms with Crippen LogP contribution in [0.25, 0.3) is 0 Å². The van der Waals surface area contributed by atoms with E-state index in [1.807, 2.05) is 36.2 Å². The van der Waals surface area contributed by atoms with Gasteiger partial charge in [-0.05, 0) is 37.8 Å². The summed E-state index contributed by atoms with van der Waals surface area (Å²) in [6.45, 7) is 1.54. The molecule has 1 saturated carbocycles. The van der Waals surface area contributed by atoms with E-state index in [1.165, 1.54) is 38.5 Å². The van der Waals surface area contributed by atoms with Crippen molar-refractivity contribution >= 4 is 27.9 Å². The number of hydrogen-bond acceptors (Lipinski definition) is 6. The molecule has 0 saturated heterocycles. The van der Waals surface area contributed by atoms with Crippen molar-refractivity contribution in [1.29, 1.82) is 0 Å². The second-order valence-corrected chi connectivity index (χ2v) is 11.0. The van der Waals surface area contributed by atoms with Crippen molar-refractivity contribution in [3.05, 3.63) is 47.5 Å². The van der Waals surface area contributed by atoms with Crippen molar-refractivity contribution in [3.8, 4) is 23.0 Å². The van der Waals surface area contributed by atoms with Crippen LogP contribution in [0.2, 0.25) is 0 Å². The Morgan fingerprint density at radius 2 is 1.24 bits per heavy atom. The third-order valence-electron chi connectivity index (χ3n) is 6.07. The highest BCUT2D eigenvalue weighted by Gasteiger charge is 2.21. The Labute approximate surface area is 211 Å². The highest BCUT2D eigenvalue weighted by Crippen LogP contribution is 2.36. The zero-order valence-corrected chi connectivity index (χ0v) is 22.5. The topological polar surface area (TPSA) is 40.2 Å². The van der Waals surface area contributed by atoms with E-state index < -0.39 is 0 Å². The summed E-state index contributed by atoms with van der Waals surface area (Å²) in [4.78, 5) is 0.673. The number of methoxy groups -OCH3 is 4. The van der Waals surface area contributed by atoms with Crippen molar-refractivity contribution < 1.29 is 18.9 Å². The van der Waals surface area contributed by atoms with Gasteiger partial charge in [0.15, 0.2) is 0 Å². The lowest BCUT2D eigenvalue weighted by molar-refractivity contribution is 0.371. The van der Waals surface area contributed by atoms with E-state index in [9.17, 15) is 0 Å². The molecule has 2 aromatic carbocycles. The molecule has 0 radical (unpaired) electrons. The quantitative estimate of drug-likeness (QED) is 0.243. The molecule has 1 aliphatic carbocycles. The summed E-state index contributed by atoms with van der Waals surface area (Å²) in [7, 11) is 6.79. The summed E-state index contributed by atoms with van der Waals surface area (Å²) in [6.07, 6.45) is 7.52. The zero-order valence-electron chi connectivity index (χ0n) is 20.1. The summed E-state index contributed by atoms with van der Waals surface area (Å²) >= 11 is 5.80. The number of halogens is 1. The lowest BCUT2D eigenvalue weighted by Gasteiger charge is -2.29. The number of ether oxygens (including phenoxy) is 4. The third-order valence-corrected chi connectivity index (χ3v) is 8.31. The van der Waals surface area contributed by atoms with Gasteiger partial charge in [-0.3, -0.25) is 0 Å². The molecule has 182 valence electrons. The molecule has 0 atom stereocenters. The van der Waals surface area contributed by atoms with Crippen LogP contribution in [-0.4, -0.2) is 42.8 Å². The lowest BCUT2D eigenvalue weighted by Crippen LogP contribution is -2.22. The first-order valence-corrected chi connectivity index (χ1v) is 13.3. The highest BCUT2D eigenvalue weighted by atomic mass is 79.9. The molecule has 0 aliphatic heterocycles. The van der Waals surface area contributed by atoms with Crippen molar-refractivity contribution in [3.63, 3.8) is 0 Å². The Bertz CT molecular complexity index is 814. The molecular weight excluding hydrogens is 502 g/mol. The van der Waals surface area contributed by atoms with Gasteiger partial charge in [0.2, 0.25) is 0 Å². The fraction of sp³-hybridized carbons (Fsp3) is 0.538. The minimum atomic E-state index is 0.610. The summed E-state index contributed by atoms with van der Waals surface area (Å²) in [5.41, 5.74) is 2.29. The first-order chi connectivity index (χ1) is 16.1. The number of alkyl halides is 1. The van der Waals surface area contributed by atoms with E-state index in [0.717, 1.165) is 47.2 Å². The van der Waals surface area contributed by atoms with Gasteiger partial charge in [-0.25, -0.2) is 4.31 Å². The van der Waals surface area contributed by atoms with Crippen LogP contribution in [0.5, 0.6) is 23.0 Å². The second kappa shape index (κ2) is 13.4. The van der Waals surface area contributed by atoms with Crippen LogP contribution in [0.1, 0.15) is 49.7 Å². The largest absolute Gasteiger partial charge is 0.497 e. The van der Waals surface area contributed by atoms with Gasteiger partial charge >= 0.3 is 0 Å². The molecule has 0 N–H and O–H groups in total. The fourth-order valence-electron chi connectivity index (χ4n) is 4.21. The monoisotopic (exact) mass is 537 g/mol. The standard InChI is InChI=1S/C26H36BrNO4S/c1-29-22-13-11-19(25(15-22)31-3)17-28(33-24-9-5-7-21(27)8-6-10-24)18-20-12-14-23(30-2)16-26(20)32-4/h11-16,21,24H,5-10,17-18H2,1-4H3. The van der Waals surface area contributed by atoms with Crippen molar-refractivity contribution in [2.24, 2.45) is 0 Å². The van der Waals surface area contributed by atoms with Gasteiger partial charge in [-0.1, -0.05) is 52.9 Å². The molecule has 33 heavy (non-hydrogen) atoms. The fourth-order valence-corrected chi connectivity index (χ4v) is 6.25. The third kappa shape index (κ3) is 7.72. The van der Waals surface area contributed by atoms with Gasteiger partial charge in [-0.15, -0.1) is 0 Å². The molecule has 3 rings (SSSR count). The molecule has 5 nitrogen and oxygen atoms in total. The Morgan fingerprint density at radius 1 is 0.758 bits per heavy atom. The number of nitrogens with zero attached hydrogens (tertiary/aromatic N) is 1. The van der Waals surface area contributed by atoms with E-state index >= 15 is 0 Å². The molecular formula is C26H36BrNO4S. The molecule has 0 spiro atoms. The highest BCUT2D eigenvalue weighted by molar-refractivity contribution is 9.09. The molecule has 2 aromatic rings. The van der Waals surface area contributed by atoms with Gasteiger partial charge in [0.05, 0.1) is 28.4 Å². The van der Waals surface area contributed by atoms with Gasteiger partial charge in [0, 0.05) is 46.4 Å². The summed E-state index contributed by atoms with van der Waals surface area (Å²) in [5, 5.41) is 0.610. The van der Waals surface area contributed by atoms with Gasteiger partial charge < -0.3 is 18.9 Å². The number of rotatable bonds is 10. The smallest absolute Gasteiger partial charge is 0.127 e. The average molecular weight is 539 g/mol. The van der Waals surface area contributed by atoms with E-state index in [1.54, 1.807) is 28.4 Å². The Balaban J connectivity index is 1.83. The summed E-state index contributed by atoms with van der Waals surface area (Å²) in [6, 6.07) is 12.1. The van der Waals surface area contributed by atoms with Gasteiger partial charge in [0.25, 0.3) is 0 Å². The normalized spacial score (nSPS) is 19.0. The molecule has 0 amide bonds. The van der Waals surface area contributed by atoms with Crippen LogP contribution in [0.15, 0.2) is 36.4 Å². The Kier molecular flexibility index (Phi) is 10.5. The molecule has 0 heterocycles. The van der Waals surface area contributed by atoms with Crippen LogP contribution >= 0.6 is 27.9 Å². The first-order valence-electron chi connectivity index (χ1n) is 11.5. The zero-order chi connectivity index (χ0) is 23.6. The van der Waals surface area contributed by atoms with Crippen LogP contribution in [0.4, 0.5) is 0 Å². The lowest BCUT2D eigenvalue weighted by atomic mass is 10.0. The maximum atomic E-state index is 5.69. The van der Waals surface area contributed by atoms with Crippen molar-refractivity contribution in [2.75, 3.05) is 28.4 Å². The summed E-state index contributed by atoms with van der Waals surface area (Å²) < 4.78 is 24.6. The first kappa shape index (κ1) is 26.0. The molecule has 0 unspecified atom stereocenters. The van der Waals surface area contributed by atoms with E-state index in [0.29, 0.717) is 10.1 Å². The minimum Gasteiger partial charge on any atom is -0.497 e. The van der Waals surface area contributed by atoms with Crippen LogP contribution in [0, 0.1) is 0 Å². The van der Waals surface area contributed by atoms with Crippen molar-refractivity contribution in [1.82, 2.24) is 4.31 Å². The van der Waals surface area contributed by atoms with E-state index in [2.05, 4.69) is 32.4 Å². The van der Waals surface area contributed by atoms with Crippen molar-refractivity contribution in [2.45, 2.75) is 61.7 Å². The number of benzene rings is 2. The van der Waals surface area contributed by atoms with Gasteiger partial charge in [-0.2, -0.15) is 0 Å². The molecule has 0 bridgehead atoms. The van der Waals surface area contributed by atoms with Crippen LogP contribution < -0.4 is 18.9 Å². The maximum absolute atomic E-state index is 5.69. The SMILES string of the molecule is COc1ccc(CN(Cc2ccc(OC)cc2OC)SC2CCCC(Br)CCC2)c(OC)c1. The maximum Gasteiger partial charge on any atom is 0.127 e. The number of hydrogen-bond donors (Lipinski definition) is 0. The Morgan fingerprint density at radius 3 is 1.67 bits per heavy atom. The van der Waals surface area contributed by atoms with Crippen LogP contribution in [-0.2, 0) is 13.1 Å². The molecule has 1 fully saturated rings.